The first kappa shape index (κ1) is 21.5. The highest BCUT2D eigenvalue weighted by Crippen LogP contribution is 2.40. The molecule has 7 nitrogen and oxygen atoms in total. The van der Waals surface area contributed by atoms with Crippen LogP contribution in [0.1, 0.15) is 38.2 Å². The molecule has 0 spiro atoms. The number of methoxy groups -OCH3 is 2. The zero-order valence-corrected chi connectivity index (χ0v) is 19.6. The Hall–Kier alpha value is -3.36. The van der Waals surface area contributed by atoms with Crippen LogP contribution >= 0.6 is 11.3 Å². The Kier molecular flexibility index (Phi) is 5.55. The maximum absolute atomic E-state index is 13.5. The van der Waals surface area contributed by atoms with E-state index < -0.39 is 6.10 Å². The highest BCUT2D eigenvalue weighted by molar-refractivity contribution is 7.20. The quantitative estimate of drug-likeness (QED) is 0.481. The van der Waals surface area contributed by atoms with E-state index in [1.54, 1.807) is 31.3 Å². The average Bonchev–Trinajstić information content (AvgIpc) is 3.39. The summed E-state index contributed by atoms with van der Waals surface area (Å²) in [5.74, 6) is 1.12. The smallest absolute Gasteiger partial charge is 0.264 e. The van der Waals surface area contributed by atoms with Crippen LogP contribution in [0.3, 0.4) is 0 Å². The number of carbonyl (C=O) groups is 1. The molecular weight excluding hydrogens is 438 g/mol. The first-order valence-corrected chi connectivity index (χ1v) is 11.5. The third kappa shape index (κ3) is 3.75. The Morgan fingerprint density at radius 2 is 1.88 bits per heavy atom. The lowest BCUT2D eigenvalue weighted by Crippen LogP contribution is -2.38. The lowest BCUT2D eigenvalue weighted by atomic mass is 9.95. The number of nitrogens with zero attached hydrogens (tertiary/aromatic N) is 3. The Balaban J connectivity index is 1.47. The van der Waals surface area contributed by atoms with E-state index in [2.05, 4.69) is 17.2 Å². The molecule has 0 fully saturated rings. The molecular formula is C25H25N3O4S. The Bertz CT molecular complexity index is 1330. The van der Waals surface area contributed by atoms with E-state index in [1.807, 2.05) is 35.9 Å². The van der Waals surface area contributed by atoms with Gasteiger partial charge >= 0.3 is 0 Å². The van der Waals surface area contributed by atoms with Crippen molar-refractivity contribution < 1.29 is 19.4 Å². The molecule has 0 aliphatic carbocycles. The van der Waals surface area contributed by atoms with Gasteiger partial charge in [0.1, 0.15) is 22.4 Å². The van der Waals surface area contributed by atoms with Gasteiger partial charge in [-0.1, -0.05) is 30.3 Å². The monoisotopic (exact) mass is 463 g/mol. The molecule has 3 heterocycles. The van der Waals surface area contributed by atoms with Crippen LogP contribution in [-0.4, -0.2) is 46.5 Å². The summed E-state index contributed by atoms with van der Waals surface area (Å²) in [5.41, 5.74) is 3.51. The first-order valence-electron chi connectivity index (χ1n) is 10.7. The molecule has 8 heteroatoms. The second-order valence-electron chi connectivity index (χ2n) is 8.12. The standard InChI is InChI=1S/C25H25N3O4S/c1-15-17-11-22(33-25(17)28(26-15)12-16-7-5-4-6-8-16)24(30)27-13-18-20(31-2)9-10-21(32-3)23(18)19(29)14-27/h4-11,19,29H,12-14H2,1-3H3. The van der Waals surface area contributed by atoms with Crippen molar-refractivity contribution >= 4 is 27.5 Å². The number of hydrogen-bond donors (Lipinski definition) is 1. The molecule has 4 aromatic rings. The van der Waals surface area contributed by atoms with Gasteiger partial charge in [-0.05, 0) is 30.7 Å². The maximum atomic E-state index is 13.5. The number of aryl methyl sites for hydroxylation is 1. The van der Waals surface area contributed by atoms with Crippen molar-refractivity contribution in [3.8, 4) is 11.5 Å². The number of rotatable bonds is 5. The second-order valence-corrected chi connectivity index (χ2v) is 9.15. The first-order chi connectivity index (χ1) is 16.0. The van der Waals surface area contributed by atoms with Gasteiger partial charge in [-0.2, -0.15) is 5.10 Å². The van der Waals surface area contributed by atoms with E-state index in [1.165, 1.54) is 11.3 Å². The topological polar surface area (TPSA) is 76.8 Å². The minimum atomic E-state index is -0.854. The molecule has 1 atom stereocenters. The van der Waals surface area contributed by atoms with E-state index in [0.29, 0.717) is 35.0 Å². The van der Waals surface area contributed by atoms with E-state index in [-0.39, 0.29) is 12.5 Å². The summed E-state index contributed by atoms with van der Waals surface area (Å²) in [5, 5.41) is 16.5. The summed E-state index contributed by atoms with van der Waals surface area (Å²) >= 11 is 1.44. The van der Waals surface area contributed by atoms with Crippen LogP contribution in [0.5, 0.6) is 11.5 Å². The fourth-order valence-corrected chi connectivity index (χ4v) is 5.60. The number of β-amino-alcohol motifs (C(OH)–C–C–N with tert-alkyl or cyclic N) is 1. The molecule has 5 rings (SSSR count). The zero-order chi connectivity index (χ0) is 23.1. The van der Waals surface area contributed by atoms with Crippen LogP contribution < -0.4 is 9.47 Å². The molecule has 0 saturated heterocycles. The number of aliphatic hydroxyl groups excluding tert-OH is 1. The summed E-state index contributed by atoms with van der Waals surface area (Å²) in [6.07, 6.45) is -0.854. The van der Waals surface area contributed by atoms with Crippen LogP contribution in [0.2, 0.25) is 0 Å². The highest BCUT2D eigenvalue weighted by atomic mass is 32.1. The van der Waals surface area contributed by atoms with Crippen molar-refractivity contribution in [2.24, 2.45) is 0 Å². The third-order valence-corrected chi connectivity index (χ3v) is 7.21. The molecule has 0 radical (unpaired) electrons. The number of amides is 1. The largest absolute Gasteiger partial charge is 0.496 e. The summed E-state index contributed by atoms with van der Waals surface area (Å²) < 4.78 is 12.9. The maximum Gasteiger partial charge on any atom is 0.264 e. The van der Waals surface area contributed by atoms with Crippen molar-refractivity contribution in [2.75, 3.05) is 20.8 Å². The van der Waals surface area contributed by atoms with E-state index in [4.69, 9.17) is 9.47 Å². The molecule has 1 N–H and O–H groups in total. The van der Waals surface area contributed by atoms with Gasteiger partial charge in [0.15, 0.2) is 0 Å². The molecule has 1 unspecified atom stereocenters. The molecule has 2 aromatic carbocycles. The van der Waals surface area contributed by atoms with Crippen LogP contribution in [0.25, 0.3) is 10.2 Å². The number of aromatic nitrogens is 2. The van der Waals surface area contributed by atoms with Crippen molar-refractivity contribution in [1.82, 2.24) is 14.7 Å². The van der Waals surface area contributed by atoms with Crippen LogP contribution in [0.4, 0.5) is 0 Å². The molecule has 2 aromatic heterocycles. The Morgan fingerprint density at radius 1 is 1.15 bits per heavy atom. The fourth-order valence-electron chi connectivity index (χ4n) is 4.47. The predicted octanol–water partition coefficient (Wildman–Crippen LogP) is 4.16. The Morgan fingerprint density at radius 3 is 2.61 bits per heavy atom. The van der Waals surface area contributed by atoms with E-state index in [0.717, 1.165) is 27.0 Å². The zero-order valence-electron chi connectivity index (χ0n) is 18.7. The average molecular weight is 464 g/mol. The number of thiophene rings is 1. The summed E-state index contributed by atoms with van der Waals surface area (Å²) in [6, 6.07) is 15.6. The van der Waals surface area contributed by atoms with Crippen molar-refractivity contribution in [3.63, 3.8) is 0 Å². The SMILES string of the molecule is COc1ccc(OC)c2c1CN(C(=O)c1cc3c(C)nn(Cc4ccccc4)c3s1)CC2O. The van der Waals surface area contributed by atoms with Gasteiger partial charge in [0.2, 0.25) is 0 Å². The van der Waals surface area contributed by atoms with Gasteiger partial charge in [0, 0.05) is 16.5 Å². The van der Waals surface area contributed by atoms with Gasteiger partial charge in [0.05, 0.1) is 44.4 Å². The minimum absolute atomic E-state index is 0.114. The number of benzene rings is 2. The molecule has 170 valence electrons. The van der Waals surface area contributed by atoms with Gasteiger partial charge in [-0.25, -0.2) is 0 Å². The van der Waals surface area contributed by atoms with E-state index >= 15 is 0 Å². The van der Waals surface area contributed by atoms with Crippen LogP contribution in [0.15, 0.2) is 48.5 Å². The third-order valence-electron chi connectivity index (χ3n) is 6.07. The van der Waals surface area contributed by atoms with Crippen LogP contribution in [-0.2, 0) is 13.1 Å². The van der Waals surface area contributed by atoms with Crippen molar-refractivity contribution in [2.45, 2.75) is 26.1 Å². The summed E-state index contributed by atoms with van der Waals surface area (Å²) in [6.45, 7) is 3.14. The van der Waals surface area contributed by atoms with Gasteiger partial charge < -0.3 is 19.5 Å². The molecule has 1 amide bonds. The van der Waals surface area contributed by atoms with Gasteiger partial charge in [-0.3, -0.25) is 9.48 Å². The minimum Gasteiger partial charge on any atom is -0.496 e. The summed E-state index contributed by atoms with van der Waals surface area (Å²) in [4.78, 5) is 16.8. The lowest BCUT2D eigenvalue weighted by Gasteiger charge is -2.33. The highest BCUT2D eigenvalue weighted by Gasteiger charge is 2.33. The normalized spacial score (nSPS) is 15.5. The number of fused-ring (bicyclic) bond motifs is 2. The number of carbonyl (C=O) groups excluding carboxylic acids is 1. The lowest BCUT2D eigenvalue weighted by molar-refractivity contribution is 0.0543. The number of hydrogen-bond acceptors (Lipinski definition) is 6. The number of ether oxygens (including phenoxy) is 2. The van der Waals surface area contributed by atoms with Crippen molar-refractivity contribution in [1.29, 1.82) is 0 Å². The molecule has 1 aliphatic heterocycles. The number of aliphatic hydroxyl groups is 1. The Labute approximate surface area is 195 Å². The van der Waals surface area contributed by atoms with Crippen LogP contribution in [0, 0.1) is 6.92 Å². The molecule has 0 saturated carbocycles. The summed E-state index contributed by atoms with van der Waals surface area (Å²) in [7, 11) is 3.16. The second kappa shape index (κ2) is 8.53. The molecule has 0 bridgehead atoms. The predicted molar refractivity (Wildman–Crippen MR) is 127 cm³/mol. The fraction of sp³-hybridized carbons (Fsp3) is 0.280. The van der Waals surface area contributed by atoms with Gasteiger partial charge in [-0.15, -0.1) is 11.3 Å². The van der Waals surface area contributed by atoms with Crippen molar-refractivity contribution in [3.05, 3.63) is 75.8 Å². The molecule has 33 heavy (non-hydrogen) atoms. The van der Waals surface area contributed by atoms with E-state index in [9.17, 15) is 9.90 Å². The molecule has 1 aliphatic rings. The van der Waals surface area contributed by atoms with Gasteiger partial charge in [0.25, 0.3) is 5.91 Å².